The van der Waals surface area contributed by atoms with E-state index in [2.05, 4.69) is 26.0 Å². The Bertz CT molecular complexity index is 318. The van der Waals surface area contributed by atoms with Gasteiger partial charge in [0.15, 0.2) is 0 Å². The number of ether oxygens (including phenoxy) is 1. The van der Waals surface area contributed by atoms with E-state index in [1.807, 2.05) is 13.0 Å². The fourth-order valence-corrected chi connectivity index (χ4v) is 1.75. The SMILES string of the molecule is COCC(C)(N)c1cccc(C)c1C. The second-order valence-corrected chi connectivity index (χ2v) is 4.10. The summed E-state index contributed by atoms with van der Waals surface area (Å²) in [6.45, 7) is 6.74. The van der Waals surface area contributed by atoms with Crippen LogP contribution in [0.5, 0.6) is 0 Å². The first-order valence-electron chi connectivity index (χ1n) is 4.83. The molecule has 0 saturated carbocycles. The molecule has 1 atom stereocenters. The van der Waals surface area contributed by atoms with Crippen molar-refractivity contribution in [3.8, 4) is 0 Å². The summed E-state index contributed by atoms with van der Waals surface area (Å²) in [6.07, 6.45) is 0. The molecule has 1 aromatic rings. The van der Waals surface area contributed by atoms with Crippen LogP contribution < -0.4 is 5.73 Å². The van der Waals surface area contributed by atoms with Gasteiger partial charge in [0, 0.05) is 7.11 Å². The quantitative estimate of drug-likeness (QED) is 0.798. The molecule has 1 rings (SSSR count). The minimum atomic E-state index is -0.398. The molecule has 0 saturated heterocycles. The maximum atomic E-state index is 6.19. The van der Waals surface area contributed by atoms with E-state index in [9.17, 15) is 0 Å². The lowest BCUT2D eigenvalue weighted by atomic mass is 9.88. The summed E-state index contributed by atoms with van der Waals surface area (Å²) in [6, 6.07) is 6.21. The number of benzene rings is 1. The molecule has 1 aromatic carbocycles. The van der Waals surface area contributed by atoms with E-state index >= 15 is 0 Å². The second-order valence-electron chi connectivity index (χ2n) is 4.10. The zero-order valence-corrected chi connectivity index (χ0v) is 9.42. The van der Waals surface area contributed by atoms with E-state index in [1.165, 1.54) is 16.7 Å². The molecule has 0 radical (unpaired) electrons. The van der Waals surface area contributed by atoms with Crippen molar-refractivity contribution in [1.82, 2.24) is 0 Å². The number of rotatable bonds is 3. The van der Waals surface area contributed by atoms with Crippen molar-refractivity contribution >= 4 is 0 Å². The minimum Gasteiger partial charge on any atom is -0.382 e. The van der Waals surface area contributed by atoms with Crippen LogP contribution in [0.3, 0.4) is 0 Å². The van der Waals surface area contributed by atoms with Gasteiger partial charge in [-0.2, -0.15) is 0 Å². The van der Waals surface area contributed by atoms with Crippen molar-refractivity contribution < 1.29 is 4.74 Å². The minimum absolute atomic E-state index is 0.398. The smallest absolute Gasteiger partial charge is 0.0681 e. The van der Waals surface area contributed by atoms with E-state index in [0.29, 0.717) is 6.61 Å². The van der Waals surface area contributed by atoms with Gasteiger partial charge in [0.2, 0.25) is 0 Å². The van der Waals surface area contributed by atoms with E-state index in [1.54, 1.807) is 7.11 Å². The van der Waals surface area contributed by atoms with Crippen LogP contribution in [0.2, 0.25) is 0 Å². The van der Waals surface area contributed by atoms with Gasteiger partial charge in [-0.1, -0.05) is 18.2 Å². The Kier molecular flexibility index (Phi) is 3.29. The molecule has 0 spiro atoms. The average Bonchev–Trinajstić information content (AvgIpc) is 2.09. The van der Waals surface area contributed by atoms with Gasteiger partial charge in [-0.3, -0.25) is 0 Å². The van der Waals surface area contributed by atoms with Crippen LogP contribution in [0.1, 0.15) is 23.6 Å². The molecule has 2 heteroatoms. The largest absolute Gasteiger partial charge is 0.382 e. The third-order valence-corrected chi connectivity index (χ3v) is 2.66. The average molecular weight is 193 g/mol. The standard InChI is InChI=1S/C12H19NO/c1-9-6-5-7-11(10(9)2)12(3,13)8-14-4/h5-7H,8,13H2,1-4H3. The Labute approximate surface area is 86.1 Å². The summed E-state index contributed by atoms with van der Waals surface area (Å²) in [5.74, 6) is 0. The normalized spacial score (nSPS) is 15.2. The van der Waals surface area contributed by atoms with E-state index in [4.69, 9.17) is 10.5 Å². The third kappa shape index (κ3) is 2.14. The van der Waals surface area contributed by atoms with E-state index < -0.39 is 5.54 Å². The van der Waals surface area contributed by atoms with Gasteiger partial charge in [0.05, 0.1) is 12.1 Å². The predicted molar refractivity (Wildman–Crippen MR) is 59.3 cm³/mol. The van der Waals surface area contributed by atoms with Crippen LogP contribution in [-0.4, -0.2) is 13.7 Å². The zero-order valence-electron chi connectivity index (χ0n) is 9.42. The highest BCUT2D eigenvalue weighted by Crippen LogP contribution is 2.23. The molecular formula is C12H19NO. The van der Waals surface area contributed by atoms with Crippen molar-refractivity contribution in [3.63, 3.8) is 0 Å². The fraction of sp³-hybridized carbons (Fsp3) is 0.500. The maximum absolute atomic E-state index is 6.19. The number of hydrogen-bond acceptors (Lipinski definition) is 2. The van der Waals surface area contributed by atoms with Crippen LogP contribution in [0.4, 0.5) is 0 Å². The topological polar surface area (TPSA) is 35.2 Å². The van der Waals surface area contributed by atoms with Crippen molar-refractivity contribution in [3.05, 3.63) is 34.9 Å². The Balaban J connectivity index is 3.12. The molecule has 0 aliphatic heterocycles. The van der Waals surface area contributed by atoms with Crippen molar-refractivity contribution in [1.29, 1.82) is 0 Å². The van der Waals surface area contributed by atoms with Gasteiger partial charge in [-0.25, -0.2) is 0 Å². The molecule has 0 aliphatic rings. The van der Waals surface area contributed by atoms with Gasteiger partial charge < -0.3 is 10.5 Å². The van der Waals surface area contributed by atoms with Gasteiger partial charge in [0.1, 0.15) is 0 Å². The molecular weight excluding hydrogens is 174 g/mol. The Morgan fingerprint density at radius 3 is 2.57 bits per heavy atom. The molecule has 2 N–H and O–H groups in total. The van der Waals surface area contributed by atoms with E-state index in [-0.39, 0.29) is 0 Å². The highest BCUT2D eigenvalue weighted by Gasteiger charge is 2.23. The molecule has 2 nitrogen and oxygen atoms in total. The number of aryl methyl sites for hydroxylation is 1. The highest BCUT2D eigenvalue weighted by molar-refractivity contribution is 5.37. The Morgan fingerprint density at radius 1 is 1.36 bits per heavy atom. The van der Waals surface area contributed by atoms with Gasteiger partial charge in [0.25, 0.3) is 0 Å². The van der Waals surface area contributed by atoms with Crippen LogP contribution in [0.15, 0.2) is 18.2 Å². The second kappa shape index (κ2) is 4.11. The summed E-state index contributed by atoms with van der Waals surface area (Å²) in [7, 11) is 1.68. The maximum Gasteiger partial charge on any atom is 0.0681 e. The number of methoxy groups -OCH3 is 1. The molecule has 0 bridgehead atoms. The van der Waals surface area contributed by atoms with Gasteiger partial charge >= 0.3 is 0 Å². The summed E-state index contributed by atoms with van der Waals surface area (Å²) in [5.41, 5.74) is 9.49. The van der Waals surface area contributed by atoms with Crippen LogP contribution in [0, 0.1) is 13.8 Å². The lowest BCUT2D eigenvalue weighted by Gasteiger charge is -2.26. The first-order chi connectivity index (χ1) is 6.49. The molecule has 0 amide bonds. The molecule has 0 heterocycles. The molecule has 1 unspecified atom stereocenters. The van der Waals surface area contributed by atoms with Crippen LogP contribution in [-0.2, 0) is 10.3 Å². The van der Waals surface area contributed by atoms with Crippen molar-refractivity contribution in [2.45, 2.75) is 26.3 Å². The van der Waals surface area contributed by atoms with Crippen LogP contribution in [0.25, 0.3) is 0 Å². The van der Waals surface area contributed by atoms with Crippen molar-refractivity contribution in [2.75, 3.05) is 13.7 Å². The number of hydrogen-bond donors (Lipinski definition) is 1. The molecule has 0 aromatic heterocycles. The summed E-state index contributed by atoms with van der Waals surface area (Å²) < 4.78 is 5.13. The van der Waals surface area contributed by atoms with Gasteiger partial charge in [-0.05, 0) is 37.5 Å². The first kappa shape index (κ1) is 11.2. The van der Waals surface area contributed by atoms with Gasteiger partial charge in [-0.15, -0.1) is 0 Å². The lowest BCUT2D eigenvalue weighted by molar-refractivity contribution is 0.140. The molecule has 78 valence electrons. The zero-order chi connectivity index (χ0) is 10.8. The van der Waals surface area contributed by atoms with Crippen LogP contribution >= 0.6 is 0 Å². The summed E-state index contributed by atoms with van der Waals surface area (Å²) in [4.78, 5) is 0. The fourth-order valence-electron chi connectivity index (χ4n) is 1.75. The lowest BCUT2D eigenvalue weighted by Crippen LogP contribution is -2.38. The number of nitrogens with two attached hydrogens (primary N) is 1. The summed E-state index contributed by atoms with van der Waals surface area (Å²) >= 11 is 0. The first-order valence-corrected chi connectivity index (χ1v) is 4.83. The molecule has 0 aliphatic carbocycles. The monoisotopic (exact) mass is 193 g/mol. The Morgan fingerprint density at radius 2 is 2.00 bits per heavy atom. The third-order valence-electron chi connectivity index (χ3n) is 2.66. The van der Waals surface area contributed by atoms with E-state index in [0.717, 1.165) is 0 Å². The summed E-state index contributed by atoms with van der Waals surface area (Å²) in [5, 5.41) is 0. The van der Waals surface area contributed by atoms with Crippen molar-refractivity contribution in [2.24, 2.45) is 5.73 Å². The molecule has 14 heavy (non-hydrogen) atoms. The Hall–Kier alpha value is -0.860. The predicted octanol–water partition coefficient (Wildman–Crippen LogP) is 2.12. The molecule has 0 fully saturated rings. The highest BCUT2D eigenvalue weighted by atomic mass is 16.5.